The van der Waals surface area contributed by atoms with Crippen molar-refractivity contribution in [3.8, 4) is 0 Å². The molecular formula is C9H16O. The fourth-order valence-corrected chi connectivity index (χ4v) is 2.55. The van der Waals surface area contributed by atoms with Gasteiger partial charge in [-0.05, 0) is 38.0 Å². The highest BCUT2D eigenvalue weighted by Crippen LogP contribution is 2.41. The first-order chi connectivity index (χ1) is 4.75. The highest BCUT2D eigenvalue weighted by atomic mass is 16.5. The van der Waals surface area contributed by atoms with E-state index in [4.69, 9.17) is 4.74 Å². The van der Waals surface area contributed by atoms with Crippen molar-refractivity contribution in [1.29, 1.82) is 0 Å². The lowest BCUT2D eigenvalue weighted by atomic mass is 10.0. The second-order valence-corrected chi connectivity index (χ2v) is 4.06. The molecule has 2 aliphatic rings. The Morgan fingerprint density at radius 3 is 2.60 bits per heavy atom. The SMILES string of the molecule is CC1CC2CC(C)OC2C1. The van der Waals surface area contributed by atoms with Gasteiger partial charge in [-0.25, -0.2) is 0 Å². The lowest BCUT2D eigenvalue weighted by Crippen LogP contribution is -2.08. The lowest BCUT2D eigenvalue weighted by Gasteiger charge is -2.07. The van der Waals surface area contributed by atoms with Gasteiger partial charge in [-0.15, -0.1) is 0 Å². The minimum atomic E-state index is 0.544. The van der Waals surface area contributed by atoms with Crippen LogP contribution in [0.15, 0.2) is 0 Å². The zero-order valence-corrected chi connectivity index (χ0v) is 6.84. The first kappa shape index (κ1) is 6.66. The molecular weight excluding hydrogens is 124 g/mol. The predicted molar refractivity (Wildman–Crippen MR) is 40.8 cm³/mol. The van der Waals surface area contributed by atoms with Gasteiger partial charge in [-0.1, -0.05) is 6.92 Å². The number of rotatable bonds is 0. The van der Waals surface area contributed by atoms with Gasteiger partial charge >= 0.3 is 0 Å². The van der Waals surface area contributed by atoms with Crippen LogP contribution in [-0.4, -0.2) is 12.2 Å². The molecule has 4 atom stereocenters. The minimum absolute atomic E-state index is 0.544. The highest BCUT2D eigenvalue weighted by Gasteiger charge is 2.39. The molecule has 1 saturated heterocycles. The topological polar surface area (TPSA) is 9.23 Å². The molecule has 1 heterocycles. The van der Waals surface area contributed by atoms with Gasteiger partial charge in [-0.2, -0.15) is 0 Å². The maximum absolute atomic E-state index is 5.76. The molecule has 1 saturated carbocycles. The van der Waals surface area contributed by atoms with Crippen molar-refractivity contribution < 1.29 is 4.74 Å². The van der Waals surface area contributed by atoms with E-state index in [2.05, 4.69) is 13.8 Å². The van der Waals surface area contributed by atoms with Crippen LogP contribution in [0.1, 0.15) is 33.1 Å². The average molecular weight is 140 g/mol. The van der Waals surface area contributed by atoms with E-state index in [1.165, 1.54) is 19.3 Å². The fraction of sp³-hybridized carbons (Fsp3) is 1.00. The Kier molecular flexibility index (Phi) is 1.48. The standard InChI is InChI=1S/C9H16O/c1-6-3-8-5-7(2)10-9(8)4-6/h6-9H,3-5H2,1-2H3. The summed E-state index contributed by atoms with van der Waals surface area (Å²) in [5, 5.41) is 0. The Hall–Kier alpha value is -0.0400. The fourth-order valence-electron chi connectivity index (χ4n) is 2.55. The van der Waals surface area contributed by atoms with E-state index in [0.29, 0.717) is 12.2 Å². The van der Waals surface area contributed by atoms with Crippen molar-refractivity contribution in [2.75, 3.05) is 0 Å². The molecule has 1 aliphatic heterocycles. The second-order valence-electron chi connectivity index (χ2n) is 4.06. The zero-order valence-electron chi connectivity index (χ0n) is 6.84. The molecule has 0 N–H and O–H groups in total. The number of hydrogen-bond donors (Lipinski definition) is 0. The monoisotopic (exact) mass is 140 g/mol. The maximum Gasteiger partial charge on any atom is 0.0610 e. The molecule has 0 radical (unpaired) electrons. The Labute approximate surface area is 62.8 Å². The van der Waals surface area contributed by atoms with Crippen molar-refractivity contribution in [3.05, 3.63) is 0 Å². The molecule has 0 aromatic heterocycles. The van der Waals surface area contributed by atoms with Crippen LogP contribution in [-0.2, 0) is 4.74 Å². The van der Waals surface area contributed by atoms with Gasteiger partial charge in [0.05, 0.1) is 12.2 Å². The van der Waals surface area contributed by atoms with E-state index in [1.807, 2.05) is 0 Å². The van der Waals surface area contributed by atoms with Crippen LogP contribution >= 0.6 is 0 Å². The summed E-state index contributed by atoms with van der Waals surface area (Å²) in [5.74, 6) is 1.83. The van der Waals surface area contributed by atoms with Crippen LogP contribution in [0.4, 0.5) is 0 Å². The number of fused-ring (bicyclic) bond motifs is 1. The molecule has 58 valence electrons. The van der Waals surface area contributed by atoms with Crippen molar-refractivity contribution in [3.63, 3.8) is 0 Å². The quantitative estimate of drug-likeness (QED) is 0.501. The Morgan fingerprint density at radius 2 is 1.90 bits per heavy atom. The third-order valence-corrected chi connectivity index (χ3v) is 2.91. The van der Waals surface area contributed by atoms with E-state index < -0.39 is 0 Å². The van der Waals surface area contributed by atoms with Gasteiger partial charge in [0.15, 0.2) is 0 Å². The van der Waals surface area contributed by atoms with Gasteiger partial charge in [0, 0.05) is 0 Å². The van der Waals surface area contributed by atoms with Gasteiger partial charge in [0.1, 0.15) is 0 Å². The summed E-state index contributed by atoms with van der Waals surface area (Å²) in [6, 6.07) is 0. The summed E-state index contributed by atoms with van der Waals surface area (Å²) < 4.78 is 5.76. The molecule has 1 heteroatoms. The molecule has 0 bridgehead atoms. The van der Waals surface area contributed by atoms with Crippen LogP contribution in [0.2, 0.25) is 0 Å². The molecule has 0 aromatic rings. The van der Waals surface area contributed by atoms with E-state index >= 15 is 0 Å². The molecule has 4 unspecified atom stereocenters. The highest BCUT2D eigenvalue weighted by molar-refractivity contribution is 4.88. The third-order valence-electron chi connectivity index (χ3n) is 2.91. The maximum atomic E-state index is 5.76. The summed E-state index contributed by atoms with van der Waals surface area (Å²) in [6.45, 7) is 4.54. The van der Waals surface area contributed by atoms with Crippen molar-refractivity contribution in [1.82, 2.24) is 0 Å². The summed E-state index contributed by atoms with van der Waals surface area (Å²) in [5.41, 5.74) is 0. The summed E-state index contributed by atoms with van der Waals surface area (Å²) in [6.07, 6.45) is 5.21. The third kappa shape index (κ3) is 0.968. The van der Waals surface area contributed by atoms with Crippen molar-refractivity contribution in [2.24, 2.45) is 11.8 Å². The largest absolute Gasteiger partial charge is 0.375 e. The normalized spacial score (nSPS) is 53.4. The van der Waals surface area contributed by atoms with E-state index in [0.717, 1.165) is 11.8 Å². The van der Waals surface area contributed by atoms with E-state index in [-0.39, 0.29) is 0 Å². The molecule has 0 amide bonds. The minimum Gasteiger partial charge on any atom is -0.375 e. The Morgan fingerprint density at radius 1 is 1.10 bits per heavy atom. The average Bonchev–Trinajstić information content (AvgIpc) is 2.21. The first-order valence-corrected chi connectivity index (χ1v) is 4.41. The second kappa shape index (κ2) is 2.23. The van der Waals surface area contributed by atoms with Crippen LogP contribution in [0, 0.1) is 11.8 Å². The smallest absolute Gasteiger partial charge is 0.0610 e. The molecule has 1 nitrogen and oxygen atoms in total. The van der Waals surface area contributed by atoms with E-state index in [9.17, 15) is 0 Å². The van der Waals surface area contributed by atoms with Crippen molar-refractivity contribution in [2.45, 2.75) is 45.3 Å². The Bertz CT molecular complexity index is 105. The molecule has 10 heavy (non-hydrogen) atoms. The molecule has 0 spiro atoms. The van der Waals surface area contributed by atoms with Gasteiger partial charge in [0.2, 0.25) is 0 Å². The predicted octanol–water partition coefficient (Wildman–Crippen LogP) is 2.21. The first-order valence-electron chi connectivity index (χ1n) is 4.41. The molecule has 2 rings (SSSR count). The molecule has 0 aromatic carbocycles. The van der Waals surface area contributed by atoms with Gasteiger partial charge in [-0.3, -0.25) is 0 Å². The summed E-state index contributed by atoms with van der Waals surface area (Å²) >= 11 is 0. The Balaban J connectivity index is 2.00. The van der Waals surface area contributed by atoms with Crippen LogP contribution in [0.5, 0.6) is 0 Å². The summed E-state index contributed by atoms with van der Waals surface area (Å²) in [4.78, 5) is 0. The molecule has 1 aliphatic carbocycles. The van der Waals surface area contributed by atoms with Crippen LogP contribution < -0.4 is 0 Å². The summed E-state index contributed by atoms with van der Waals surface area (Å²) in [7, 11) is 0. The van der Waals surface area contributed by atoms with Crippen molar-refractivity contribution >= 4 is 0 Å². The van der Waals surface area contributed by atoms with Gasteiger partial charge < -0.3 is 4.74 Å². The van der Waals surface area contributed by atoms with Gasteiger partial charge in [0.25, 0.3) is 0 Å². The number of ether oxygens (including phenoxy) is 1. The van der Waals surface area contributed by atoms with Crippen LogP contribution in [0.25, 0.3) is 0 Å². The van der Waals surface area contributed by atoms with E-state index in [1.54, 1.807) is 0 Å². The zero-order chi connectivity index (χ0) is 7.14. The van der Waals surface area contributed by atoms with Crippen LogP contribution in [0.3, 0.4) is 0 Å². The lowest BCUT2D eigenvalue weighted by molar-refractivity contribution is 0.0483. The molecule has 2 fully saturated rings. The number of hydrogen-bond acceptors (Lipinski definition) is 1.